The molecular formula is C21H15N5O2. The van der Waals surface area contributed by atoms with Gasteiger partial charge >= 0.3 is 0 Å². The minimum atomic E-state index is -1.42. The zero-order chi connectivity index (χ0) is 19.5. The van der Waals surface area contributed by atoms with Crippen molar-refractivity contribution in [3.8, 4) is 23.2 Å². The average molecular weight is 369 g/mol. The van der Waals surface area contributed by atoms with Gasteiger partial charge in [-0.25, -0.2) is 0 Å². The molecular weight excluding hydrogens is 354 g/mol. The lowest BCUT2D eigenvalue weighted by atomic mass is 9.68. The predicted molar refractivity (Wildman–Crippen MR) is 102 cm³/mol. The molecule has 0 saturated heterocycles. The van der Waals surface area contributed by atoms with Crippen molar-refractivity contribution in [1.29, 1.82) is 5.26 Å². The van der Waals surface area contributed by atoms with Crippen LogP contribution in [0, 0.1) is 18.3 Å². The third kappa shape index (κ3) is 1.86. The second-order valence-electron chi connectivity index (χ2n) is 6.85. The van der Waals surface area contributed by atoms with E-state index in [-0.39, 0.29) is 23.2 Å². The summed E-state index contributed by atoms with van der Waals surface area (Å²) < 4.78 is 5.62. The van der Waals surface area contributed by atoms with Crippen LogP contribution >= 0.6 is 0 Å². The summed E-state index contributed by atoms with van der Waals surface area (Å²) in [6.07, 6.45) is 0. The van der Waals surface area contributed by atoms with Gasteiger partial charge in [0.1, 0.15) is 17.1 Å². The fourth-order valence-corrected chi connectivity index (χ4v) is 4.03. The zero-order valence-electron chi connectivity index (χ0n) is 14.9. The van der Waals surface area contributed by atoms with Gasteiger partial charge in [-0.2, -0.15) is 5.26 Å². The molecule has 7 heteroatoms. The number of nitriles is 1. The van der Waals surface area contributed by atoms with Crippen LogP contribution in [0.2, 0.25) is 0 Å². The third-order valence-electron chi connectivity index (χ3n) is 5.31. The first-order valence-corrected chi connectivity index (χ1v) is 8.72. The van der Waals surface area contributed by atoms with Gasteiger partial charge in [0.15, 0.2) is 0 Å². The fraction of sp³-hybridized carbons (Fsp3) is 0.0952. The molecule has 28 heavy (non-hydrogen) atoms. The highest BCUT2D eigenvalue weighted by molar-refractivity contribution is 6.13. The van der Waals surface area contributed by atoms with E-state index in [1.807, 2.05) is 49.4 Å². The second kappa shape index (κ2) is 5.47. The Hall–Kier alpha value is -4.05. The fourth-order valence-electron chi connectivity index (χ4n) is 4.03. The maximum atomic E-state index is 13.4. The van der Waals surface area contributed by atoms with Crippen LogP contribution in [-0.4, -0.2) is 16.1 Å². The van der Waals surface area contributed by atoms with Crippen LogP contribution in [0.15, 0.2) is 60.0 Å². The predicted octanol–water partition coefficient (Wildman–Crippen LogP) is 2.71. The number of rotatable bonds is 1. The standard InChI is InChI=1S/C21H15N5O2/c1-11-6-8-12(9-7-11)17-16-19(26-25-17)28-18(23)14(10-22)21(16)13-4-2-3-5-15(13)24-20(21)27/h2-9H,23H2,1H3,(H,24,27)(H,25,26)/t21-/m0/s1. The number of carbonyl (C=O) groups is 1. The van der Waals surface area contributed by atoms with E-state index in [0.29, 0.717) is 22.5 Å². The van der Waals surface area contributed by atoms with Gasteiger partial charge in [-0.1, -0.05) is 48.0 Å². The number of H-pyrrole nitrogens is 1. The van der Waals surface area contributed by atoms with Gasteiger partial charge in [-0.3, -0.25) is 9.89 Å². The summed E-state index contributed by atoms with van der Waals surface area (Å²) >= 11 is 0. The van der Waals surface area contributed by atoms with E-state index in [0.717, 1.165) is 11.1 Å². The summed E-state index contributed by atoms with van der Waals surface area (Å²) in [5.74, 6) is -0.282. The van der Waals surface area contributed by atoms with Crippen LogP contribution in [0.25, 0.3) is 11.3 Å². The number of ether oxygens (including phenoxy) is 1. The van der Waals surface area contributed by atoms with Gasteiger partial charge in [0.05, 0.1) is 11.3 Å². The van der Waals surface area contributed by atoms with E-state index in [9.17, 15) is 10.1 Å². The third-order valence-corrected chi connectivity index (χ3v) is 5.31. The highest BCUT2D eigenvalue weighted by Crippen LogP contribution is 2.55. The van der Waals surface area contributed by atoms with E-state index in [1.165, 1.54) is 0 Å². The number of carbonyl (C=O) groups excluding carboxylic acids is 1. The molecule has 2 aromatic carbocycles. The molecule has 0 radical (unpaired) electrons. The largest absolute Gasteiger partial charge is 0.420 e. The van der Waals surface area contributed by atoms with E-state index in [4.69, 9.17) is 10.5 Å². The number of hydrogen-bond acceptors (Lipinski definition) is 5. The molecule has 0 saturated carbocycles. The lowest BCUT2D eigenvalue weighted by Crippen LogP contribution is -2.42. The molecule has 7 nitrogen and oxygen atoms in total. The van der Waals surface area contributed by atoms with Crippen LogP contribution in [0.4, 0.5) is 5.69 Å². The molecule has 1 amide bonds. The first-order valence-electron chi connectivity index (χ1n) is 8.72. The van der Waals surface area contributed by atoms with Crippen LogP contribution in [0.3, 0.4) is 0 Å². The summed E-state index contributed by atoms with van der Waals surface area (Å²) in [6.45, 7) is 1.99. The van der Waals surface area contributed by atoms with Gasteiger partial charge in [-0.05, 0) is 13.0 Å². The lowest BCUT2D eigenvalue weighted by Gasteiger charge is -2.31. The number of anilines is 1. The molecule has 1 aromatic heterocycles. The van der Waals surface area contributed by atoms with Crippen LogP contribution in [0.1, 0.15) is 16.7 Å². The van der Waals surface area contributed by atoms with Gasteiger partial charge in [0.2, 0.25) is 17.7 Å². The monoisotopic (exact) mass is 369 g/mol. The summed E-state index contributed by atoms with van der Waals surface area (Å²) in [7, 11) is 0. The van der Waals surface area contributed by atoms with Crippen LogP contribution < -0.4 is 15.8 Å². The number of nitrogens with one attached hydrogen (secondary N) is 2. The number of para-hydroxylation sites is 1. The van der Waals surface area contributed by atoms with Crippen molar-refractivity contribution < 1.29 is 9.53 Å². The van der Waals surface area contributed by atoms with E-state index >= 15 is 0 Å². The maximum Gasteiger partial charge on any atom is 0.245 e. The van der Waals surface area contributed by atoms with Gasteiger partial charge in [0.25, 0.3) is 0 Å². The van der Waals surface area contributed by atoms with Crippen molar-refractivity contribution in [3.63, 3.8) is 0 Å². The number of aromatic nitrogens is 2. The Labute approximate surface area is 160 Å². The summed E-state index contributed by atoms with van der Waals surface area (Å²) in [5.41, 5.74) is 9.01. The Morgan fingerprint density at radius 2 is 1.93 bits per heavy atom. The Morgan fingerprint density at radius 3 is 2.68 bits per heavy atom. The van der Waals surface area contributed by atoms with Crippen LogP contribution in [-0.2, 0) is 10.2 Å². The molecule has 4 N–H and O–H groups in total. The summed E-state index contributed by atoms with van der Waals surface area (Å²) in [5, 5.41) is 20.0. The maximum absolute atomic E-state index is 13.4. The summed E-state index contributed by atoms with van der Waals surface area (Å²) in [4.78, 5) is 13.4. The molecule has 0 fully saturated rings. The molecule has 3 heterocycles. The molecule has 2 aliphatic rings. The molecule has 1 spiro atoms. The van der Waals surface area contributed by atoms with Crippen LogP contribution in [0.5, 0.6) is 5.88 Å². The number of amides is 1. The van der Waals surface area contributed by atoms with Crippen molar-refractivity contribution in [3.05, 3.63) is 76.7 Å². The average Bonchev–Trinajstić information content (AvgIpc) is 3.23. The number of benzene rings is 2. The van der Waals surface area contributed by atoms with Crippen molar-refractivity contribution in [2.24, 2.45) is 5.73 Å². The van der Waals surface area contributed by atoms with E-state index < -0.39 is 5.41 Å². The Kier molecular flexibility index (Phi) is 3.16. The normalized spacial score (nSPS) is 19.6. The minimum absolute atomic E-state index is 0.0530. The lowest BCUT2D eigenvalue weighted by molar-refractivity contribution is -0.118. The highest BCUT2D eigenvalue weighted by Gasteiger charge is 2.58. The highest BCUT2D eigenvalue weighted by atomic mass is 16.5. The SMILES string of the molecule is Cc1ccc(-c2[nH]nc3c2[C@@]2(C(=O)Nc4ccccc42)C(C#N)=C(N)O3)cc1. The number of hydrogen-bond donors (Lipinski definition) is 3. The number of fused-ring (bicyclic) bond motifs is 4. The summed E-state index contributed by atoms with van der Waals surface area (Å²) in [6, 6.07) is 17.2. The molecule has 3 aromatic rings. The molecule has 0 bridgehead atoms. The molecule has 0 unspecified atom stereocenters. The molecule has 2 aliphatic heterocycles. The smallest absolute Gasteiger partial charge is 0.245 e. The van der Waals surface area contributed by atoms with Gasteiger partial charge in [-0.15, -0.1) is 5.10 Å². The van der Waals surface area contributed by atoms with Gasteiger partial charge < -0.3 is 15.8 Å². The molecule has 5 rings (SSSR count). The zero-order valence-corrected chi connectivity index (χ0v) is 14.9. The van der Waals surface area contributed by atoms with Crippen molar-refractivity contribution in [2.45, 2.75) is 12.3 Å². The Morgan fingerprint density at radius 1 is 1.18 bits per heavy atom. The topological polar surface area (TPSA) is 117 Å². The van der Waals surface area contributed by atoms with Gasteiger partial charge in [0, 0.05) is 16.8 Å². The minimum Gasteiger partial charge on any atom is -0.420 e. The van der Waals surface area contributed by atoms with E-state index in [2.05, 4.69) is 21.6 Å². The number of nitrogens with two attached hydrogens (primary N) is 1. The number of aromatic amines is 1. The van der Waals surface area contributed by atoms with Crippen molar-refractivity contribution >= 4 is 11.6 Å². The number of aryl methyl sites for hydroxylation is 1. The van der Waals surface area contributed by atoms with Crippen molar-refractivity contribution in [1.82, 2.24) is 10.2 Å². The second-order valence-corrected chi connectivity index (χ2v) is 6.85. The Balaban J connectivity index is 1.89. The van der Waals surface area contributed by atoms with Crippen molar-refractivity contribution in [2.75, 3.05) is 5.32 Å². The Bertz CT molecular complexity index is 1220. The van der Waals surface area contributed by atoms with E-state index in [1.54, 1.807) is 6.07 Å². The number of nitrogens with zero attached hydrogens (tertiary/aromatic N) is 2. The molecule has 0 aliphatic carbocycles. The molecule has 1 atom stereocenters. The first kappa shape index (κ1) is 16.1. The molecule has 136 valence electrons. The quantitative estimate of drug-likeness (QED) is 0.610. The first-order chi connectivity index (χ1) is 13.6.